The standard InChI is InChI=1S/C19H20ClN3O6S/c1-14-5-6-16(23(25)26)12-18(14)30(27,28)22-9-7-21(8-10-22)19(24)13-29-17-4-2-3-15(20)11-17/h2-6,11-12H,7-10,13H2,1H3. The molecular formula is C19H20ClN3O6S. The molecule has 1 aliphatic heterocycles. The van der Waals surface area contributed by atoms with Gasteiger partial charge in [-0.15, -0.1) is 0 Å². The molecule has 0 radical (unpaired) electrons. The number of piperazine rings is 1. The number of nitro groups is 1. The van der Waals surface area contributed by atoms with E-state index in [1.54, 1.807) is 31.2 Å². The lowest BCUT2D eigenvalue weighted by Gasteiger charge is -2.34. The first-order valence-electron chi connectivity index (χ1n) is 9.10. The molecular weight excluding hydrogens is 434 g/mol. The van der Waals surface area contributed by atoms with Gasteiger partial charge >= 0.3 is 0 Å². The number of halogens is 1. The van der Waals surface area contributed by atoms with Gasteiger partial charge in [0.2, 0.25) is 10.0 Å². The Morgan fingerprint density at radius 2 is 1.87 bits per heavy atom. The summed E-state index contributed by atoms with van der Waals surface area (Å²) in [6.07, 6.45) is 0. The molecule has 9 nitrogen and oxygen atoms in total. The number of non-ortho nitro benzene ring substituents is 1. The fraction of sp³-hybridized carbons (Fsp3) is 0.316. The normalized spacial score (nSPS) is 15.1. The van der Waals surface area contributed by atoms with E-state index in [1.807, 2.05) is 0 Å². The molecule has 11 heteroatoms. The molecule has 1 heterocycles. The Balaban J connectivity index is 1.62. The van der Waals surface area contributed by atoms with Gasteiger partial charge in [-0.1, -0.05) is 23.7 Å². The molecule has 160 valence electrons. The van der Waals surface area contributed by atoms with Crippen molar-refractivity contribution >= 4 is 33.2 Å². The summed E-state index contributed by atoms with van der Waals surface area (Å²) < 4.78 is 32.6. The Morgan fingerprint density at radius 1 is 1.17 bits per heavy atom. The van der Waals surface area contributed by atoms with Gasteiger partial charge in [0.05, 0.1) is 9.82 Å². The van der Waals surface area contributed by atoms with Crippen LogP contribution in [0.5, 0.6) is 5.75 Å². The molecule has 1 aliphatic rings. The Kier molecular flexibility index (Phi) is 6.59. The number of nitro benzene ring substituents is 1. The molecule has 3 rings (SSSR count). The van der Waals surface area contributed by atoms with Crippen LogP contribution in [0.1, 0.15) is 5.56 Å². The maximum atomic E-state index is 13.0. The van der Waals surface area contributed by atoms with Crippen molar-refractivity contribution in [3.63, 3.8) is 0 Å². The van der Waals surface area contributed by atoms with E-state index in [0.29, 0.717) is 16.3 Å². The molecule has 0 bridgehead atoms. The fourth-order valence-electron chi connectivity index (χ4n) is 3.09. The van der Waals surface area contributed by atoms with Crippen molar-refractivity contribution in [3.05, 3.63) is 63.2 Å². The van der Waals surface area contributed by atoms with Gasteiger partial charge in [-0.3, -0.25) is 14.9 Å². The van der Waals surface area contributed by atoms with E-state index in [4.69, 9.17) is 16.3 Å². The number of sulfonamides is 1. The number of carbonyl (C=O) groups is 1. The zero-order chi connectivity index (χ0) is 21.9. The maximum Gasteiger partial charge on any atom is 0.270 e. The summed E-state index contributed by atoms with van der Waals surface area (Å²) >= 11 is 5.88. The lowest BCUT2D eigenvalue weighted by Crippen LogP contribution is -2.51. The number of hydrogen-bond acceptors (Lipinski definition) is 6. The molecule has 1 amide bonds. The van der Waals surface area contributed by atoms with Crippen molar-refractivity contribution in [2.75, 3.05) is 32.8 Å². The maximum absolute atomic E-state index is 13.0. The summed E-state index contributed by atoms with van der Waals surface area (Å²) in [5.41, 5.74) is 0.139. The van der Waals surface area contributed by atoms with Crippen LogP contribution >= 0.6 is 11.6 Å². The van der Waals surface area contributed by atoms with E-state index in [-0.39, 0.29) is 49.3 Å². The number of amides is 1. The van der Waals surface area contributed by atoms with E-state index < -0.39 is 14.9 Å². The first-order valence-corrected chi connectivity index (χ1v) is 10.9. The Morgan fingerprint density at radius 3 is 2.50 bits per heavy atom. The molecule has 0 aromatic heterocycles. The van der Waals surface area contributed by atoms with Crippen molar-refractivity contribution in [2.24, 2.45) is 0 Å². The molecule has 0 N–H and O–H groups in total. The molecule has 1 saturated heterocycles. The van der Waals surface area contributed by atoms with Crippen molar-refractivity contribution in [1.82, 2.24) is 9.21 Å². The third-order valence-electron chi connectivity index (χ3n) is 4.75. The van der Waals surface area contributed by atoms with Gasteiger partial charge in [0.15, 0.2) is 6.61 Å². The van der Waals surface area contributed by atoms with Crippen LogP contribution in [0, 0.1) is 17.0 Å². The Bertz CT molecular complexity index is 1070. The number of nitrogens with zero attached hydrogens (tertiary/aromatic N) is 3. The monoisotopic (exact) mass is 453 g/mol. The summed E-state index contributed by atoms with van der Waals surface area (Å²) in [5, 5.41) is 11.5. The van der Waals surface area contributed by atoms with Crippen LogP contribution in [-0.4, -0.2) is 61.2 Å². The van der Waals surface area contributed by atoms with Gasteiger partial charge in [-0.2, -0.15) is 4.31 Å². The van der Waals surface area contributed by atoms with Crippen LogP contribution in [0.2, 0.25) is 5.02 Å². The molecule has 2 aromatic rings. The van der Waals surface area contributed by atoms with E-state index in [9.17, 15) is 23.3 Å². The van der Waals surface area contributed by atoms with Gasteiger partial charge in [0, 0.05) is 43.3 Å². The Labute approximate surface area is 179 Å². The van der Waals surface area contributed by atoms with Crippen LogP contribution in [0.4, 0.5) is 5.69 Å². The lowest BCUT2D eigenvalue weighted by atomic mass is 10.2. The first-order chi connectivity index (χ1) is 14.2. The largest absolute Gasteiger partial charge is 0.484 e. The highest BCUT2D eigenvalue weighted by molar-refractivity contribution is 7.89. The van der Waals surface area contributed by atoms with Crippen LogP contribution in [0.25, 0.3) is 0 Å². The molecule has 2 aromatic carbocycles. The van der Waals surface area contributed by atoms with Crippen molar-refractivity contribution in [2.45, 2.75) is 11.8 Å². The van der Waals surface area contributed by atoms with Crippen LogP contribution in [0.15, 0.2) is 47.4 Å². The van der Waals surface area contributed by atoms with Gasteiger partial charge in [0.25, 0.3) is 11.6 Å². The number of rotatable bonds is 6. The first kappa shape index (κ1) is 22.0. The van der Waals surface area contributed by atoms with Crippen LogP contribution < -0.4 is 4.74 Å². The van der Waals surface area contributed by atoms with Gasteiger partial charge in [-0.05, 0) is 30.7 Å². The summed E-state index contributed by atoms with van der Waals surface area (Å²) in [6.45, 7) is 1.98. The van der Waals surface area contributed by atoms with E-state index in [2.05, 4.69) is 0 Å². The third kappa shape index (κ3) is 4.89. The van der Waals surface area contributed by atoms with Gasteiger partial charge < -0.3 is 9.64 Å². The molecule has 0 saturated carbocycles. The molecule has 0 aliphatic carbocycles. The van der Waals surface area contributed by atoms with Crippen LogP contribution in [0.3, 0.4) is 0 Å². The minimum atomic E-state index is -3.91. The summed E-state index contributed by atoms with van der Waals surface area (Å²) in [4.78, 5) is 24.2. The molecule has 30 heavy (non-hydrogen) atoms. The molecule has 0 spiro atoms. The minimum Gasteiger partial charge on any atom is -0.484 e. The van der Waals surface area contributed by atoms with E-state index >= 15 is 0 Å². The van der Waals surface area contributed by atoms with Crippen molar-refractivity contribution < 1.29 is 22.9 Å². The average Bonchev–Trinajstić information content (AvgIpc) is 2.72. The summed E-state index contributed by atoms with van der Waals surface area (Å²) in [6, 6.07) is 10.4. The summed E-state index contributed by atoms with van der Waals surface area (Å²) in [7, 11) is -3.91. The smallest absolute Gasteiger partial charge is 0.270 e. The van der Waals surface area contributed by atoms with E-state index in [0.717, 1.165) is 6.07 Å². The third-order valence-corrected chi connectivity index (χ3v) is 7.03. The topological polar surface area (TPSA) is 110 Å². The van der Waals surface area contributed by atoms with Crippen LogP contribution in [-0.2, 0) is 14.8 Å². The average molecular weight is 454 g/mol. The molecule has 0 unspecified atom stereocenters. The lowest BCUT2D eigenvalue weighted by molar-refractivity contribution is -0.385. The highest BCUT2D eigenvalue weighted by Crippen LogP contribution is 2.25. The Hall–Kier alpha value is -2.69. The SMILES string of the molecule is Cc1ccc([N+](=O)[O-])cc1S(=O)(=O)N1CCN(C(=O)COc2cccc(Cl)c2)CC1. The zero-order valence-electron chi connectivity index (χ0n) is 16.2. The van der Waals surface area contributed by atoms with E-state index in [1.165, 1.54) is 21.3 Å². The van der Waals surface area contributed by atoms with Crippen molar-refractivity contribution in [3.8, 4) is 5.75 Å². The van der Waals surface area contributed by atoms with Gasteiger partial charge in [-0.25, -0.2) is 8.42 Å². The molecule has 1 fully saturated rings. The minimum absolute atomic E-state index is 0.0906. The molecule has 0 atom stereocenters. The second-order valence-electron chi connectivity index (χ2n) is 6.74. The highest BCUT2D eigenvalue weighted by Gasteiger charge is 2.32. The predicted octanol–water partition coefficient (Wildman–Crippen LogP) is 2.47. The number of ether oxygens (including phenoxy) is 1. The number of hydrogen-bond donors (Lipinski definition) is 0. The summed E-state index contributed by atoms with van der Waals surface area (Å²) in [5.74, 6) is 0.205. The second kappa shape index (κ2) is 8.99. The fourth-order valence-corrected chi connectivity index (χ4v) is 4.94. The number of aryl methyl sites for hydroxylation is 1. The number of benzene rings is 2. The quantitative estimate of drug-likeness (QED) is 0.490. The zero-order valence-corrected chi connectivity index (χ0v) is 17.7. The number of carbonyl (C=O) groups excluding carboxylic acids is 1. The van der Waals surface area contributed by atoms with Crippen molar-refractivity contribution in [1.29, 1.82) is 0 Å². The highest BCUT2D eigenvalue weighted by atomic mass is 35.5. The van der Waals surface area contributed by atoms with Gasteiger partial charge in [0.1, 0.15) is 5.75 Å². The second-order valence-corrected chi connectivity index (χ2v) is 9.08. The predicted molar refractivity (Wildman–Crippen MR) is 110 cm³/mol.